The van der Waals surface area contributed by atoms with E-state index in [4.69, 9.17) is 15.1 Å². The van der Waals surface area contributed by atoms with Gasteiger partial charge in [0.25, 0.3) is 11.8 Å². The second-order valence-corrected chi connectivity index (χ2v) is 11.0. The normalized spacial score (nSPS) is 14.2. The monoisotopic (exact) mass is 557 g/mol. The molecule has 208 valence electrons. The van der Waals surface area contributed by atoms with Crippen LogP contribution in [0.3, 0.4) is 0 Å². The Bertz CT molecular complexity index is 1210. The molecule has 1 aliphatic rings. The molecule has 0 saturated carbocycles. The predicted octanol–water partition coefficient (Wildman–Crippen LogP) is 4.48. The molecule has 0 N–H and O–H groups in total. The highest BCUT2D eigenvalue weighted by molar-refractivity contribution is 7.89. The fourth-order valence-electron chi connectivity index (χ4n) is 4.01. The van der Waals surface area contributed by atoms with Crippen LogP contribution in [-0.4, -0.2) is 54.2 Å². The number of benzene rings is 2. The van der Waals surface area contributed by atoms with Crippen LogP contribution in [-0.2, 0) is 42.3 Å². The van der Waals surface area contributed by atoms with Crippen LogP contribution in [0.15, 0.2) is 65.8 Å². The van der Waals surface area contributed by atoms with Gasteiger partial charge in [-0.05, 0) is 35.9 Å². The van der Waals surface area contributed by atoms with E-state index in [0.29, 0.717) is 30.9 Å². The number of imide groups is 1. The van der Waals surface area contributed by atoms with Gasteiger partial charge in [0.15, 0.2) is 0 Å². The summed E-state index contributed by atoms with van der Waals surface area (Å²) in [5.41, 5.74) is 10.00. The Hall–Kier alpha value is -3.93. The van der Waals surface area contributed by atoms with Crippen molar-refractivity contribution in [1.29, 1.82) is 0 Å². The highest BCUT2D eigenvalue weighted by Gasteiger charge is 2.35. The standard InChI is InChI=1S/C26H31N5O7S/c27-29-28-17-9-3-8-14-23(37-26(34)38-31-24(32)15-16-25(31)33)20-39(35,36)30(18-21-10-4-1-5-11-21)19-22-12-6-2-7-13-22/h1-2,4-7,10-13,23H,3,8-9,14-20H2. The van der Waals surface area contributed by atoms with Crippen molar-refractivity contribution in [2.45, 2.75) is 57.7 Å². The van der Waals surface area contributed by atoms with Gasteiger partial charge in [0.05, 0.1) is 0 Å². The number of amides is 2. The third-order valence-electron chi connectivity index (χ3n) is 5.98. The molecule has 0 spiro atoms. The maximum Gasteiger partial charge on any atom is 0.534 e. The Kier molecular flexibility index (Phi) is 11.3. The zero-order chi connectivity index (χ0) is 28.1. The summed E-state index contributed by atoms with van der Waals surface area (Å²) in [5.74, 6) is -1.87. The van der Waals surface area contributed by atoms with Gasteiger partial charge in [-0.15, -0.1) is 0 Å². The van der Waals surface area contributed by atoms with E-state index in [1.165, 1.54) is 4.31 Å². The summed E-state index contributed by atoms with van der Waals surface area (Å²) in [6, 6.07) is 18.3. The summed E-state index contributed by atoms with van der Waals surface area (Å²) in [5, 5.41) is 3.83. The quantitative estimate of drug-likeness (QED) is 0.0779. The van der Waals surface area contributed by atoms with Gasteiger partial charge in [-0.3, -0.25) is 14.4 Å². The molecule has 1 heterocycles. The molecular weight excluding hydrogens is 526 g/mol. The first-order valence-electron chi connectivity index (χ1n) is 12.6. The number of rotatable bonds is 15. The average Bonchev–Trinajstić information content (AvgIpc) is 3.23. The summed E-state index contributed by atoms with van der Waals surface area (Å²) in [4.78, 5) is 43.6. The number of hydroxylamine groups is 2. The predicted molar refractivity (Wildman–Crippen MR) is 141 cm³/mol. The summed E-state index contributed by atoms with van der Waals surface area (Å²) in [7, 11) is -3.98. The third-order valence-corrected chi connectivity index (χ3v) is 7.81. The number of unbranched alkanes of at least 4 members (excludes halogenated alkanes) is 2. The van der Waals surface area contributed by atoms with Crippen molar-refractivity contribution in [3.05, 3.63) is 82.2 Å². The van der Waals surface area contributed by atoms with Crippen molar-refractivity contribution in [3.63, 3.8) is 0 Å². The van der Waals surface area contributed by atoms with Crippen LogP contribution >= 0.6 is 0 Å². The summed E-state index contributed by atoms with van der Waals surface area (Å²) >= 11 is 0. The topological polar surface area (TPSA) is 159 Å². The Balaban J connectivity index is 1.75. The van der Waals surface area contributed by atoms with Crippen LogP contribution in [0.2, 0.25) is 0 Å². The van der Waals surface area contributed by atoms with Gasteiger partial charge in [-0.2, -0.15) is 4.31 Å². The smallest absolute Gasteiger partial charge is 0.428 e. The number of carbonyl (C=O) groups is 3. The fraction of sp³-hybridized carbons (Fsp3) is 0.423. The first-order chi connectivity index (χ1) is 18.8. The second-order valence-electron chi connectivity index (χ2n) is 8.98. The van der Waals surface area contributed by atoms with Crippen molar-refractivity contribution < 1.29 is 32.4 Å². The van der Waals surface area contributed by atoms with Gasteiger partial charge in [0, 0.05) is 37.4 Å². The van der Waals surface area contributed by atoms with Gasteiger partial charge >= 0.3 is 6.16 Å². The number of sulfonamides is 1. The number of azide groups is 1. The molecule has 1 unspecified atom stereocenters. The van der Waals surface area contributed by atoms with Crippen LogP contribution in [0.25, 0.3) is 10.4 Å². The van der Waals surface area contributed by atoms with E-state index in [9.17, 15) is 22.8 Å². The lowest BCUT2D eigenvalue weighted by atomic mass is 10.1. The van der Waals surface area contributed by atoms with E-state index in [1.54, 1.807) is 0 Å². The third kappa shape index (κ3) is 9.71. The lowest BCUT2D eigenvalue weighted by molar-refractivity contribution is -0.178. The first kappa shape index (κ1) is 29.6. The molecule has 0 radical (unpaired) electrons. The summed E-state index contributed by atoms with van der Waals surface area (Å²) < 4.78 is 34.0. The van der Waals surface area contributed by atoms with Gasteiger partial charge in [-0.1, -0.05) is 77.3 Å². The molecule has 1 fully saturated rings. The molecule has 1 aliphatic heterocycles. The zero-order valence-corrected chi connectivity index (χ0v) is 22.2. The molecule has 2 amide bonds. The molecule has 0 bridgehead atoms. The molecule has 13 heteroatoms. The molecule has 2 aromatic carbocycles. The number of carbonyl (C=O) groups excluding carboxylic acids is 3. The van der Waals surface area contributed by atoms with Crippen molar-refractivity contribution >= 4 is 28.0 Å². The van der Waals surface area contributed by atoms with Crippen LogP contribution in [0, 0.1) is 0 Å². The van der Waals surface area contributed by atoms with E-state index in [-0.39, 0.29) is 32.4 Å². The molecule has 12 nitrogen and oxygen atoms in total. The number of ether oxygens (including phenoxy) is 1. The molecule has 1 saturated heterocycles. The van der Waals surface area contributed by atoms with Crippen LogP contribution in [0.1, 0.15) is 49.7 Å². The van der Waals surface area contributed by atoms with E-state index in [0.717, 1.165) is 11.1 Å². The Labute approximate surface area is 227 Å². The first-order valence-corrected chi connectivity index (χ1v) is 14.2. The lowest BCUT2D eigenvalue weighted by Crippen LogP contribution is -2.39. The fourth-order valence-corrected chi connectivity index (χ4v) is 5.62. The van der Waals surface area contributed by atoms with Gasteiger partial charge in [0.1, 0.15) is 11.9 Å². The minimum absolute atomic E-state index is 0.0803. The SMILES string of the molecule is [N-]=[N+]=NCCCCCC(CS(=O)(=O)N(Cc1ccccc1)Cc1ccccc1)OC(=O)ON1C(=O)CCC1=O. The minimum Gasteiger partial charge on any atom is -0.428 e. The van der Waals surface area contributed by atoms with E-state index >= 15 is 0 Å². The van der Waals surface area contributed by atoms with E-state index in [2.05, 4.69) is 10.0 Å². The van der Waals surface area contributed by atoms with Crippen molar-refractivity contribution in [3.8, 4) is 0 Å². The molecule has 3 rings (SSSR count). The molecule has 0 aliphatic carbocycles. The number of hydrogen-bond donors (Lipinski definition) is 0. The highest BCUT2D eigenvalue weighted by Crippen LogP contribution is 2.20. The molecule has 39 heavy (non-hydrogen) atoms. The van der Waals surface area contributed by atoms with Crippen LogP contribution in [0.4, 0.5) is 4.79 Å². The van der Waals surface area contributed by atoms with Gasteiger partial charge in [-0.25, -0.2) is 13.2 Å². The Morgan fingerprint density at radius 2 is 1.51 bits per heavy atom. The lowest BCUT2D eigenvalue weighted by Gasteiger charge is -2.26. The summed E-state index contributed by atoms with van der Waals surface area (Å²) in [6.45, 7) is 0.514. The second kappa shape index (κ2) is 14.9. The van der Waals surface area contributed by atoms with Crippen molar-refractivity contribution in [2.24, 2.45) is 5.11 Å². The van der Waals surface area contributed by atoms with Crippen LogP contribution in [0.5, 0.6) is 0 Å². The molecule has 2 aromatic rings. The minimum atomic E-state index is -3.98. The van der Waals surface area contributed by atoms with Crippen molar-refractivity contribution in [1.82, 2.24) is 9.37 Å². The maximum atomic E-state index is 13.7. The zero-order valence-electron chi connectivity index (χ0n) is 21.4. The van der Waals surface area contributed by atoms with Crippen molar-refractivity contribution in [2.75, 3.05) is 12.3 Å². The highest BCUT2D eigenvalue weighted by atomic mass is 32.2. The van der Waals surface area contributed by atoms with Gasteiger partial charge in [0.2, 0.25) is 10.0 Å². The van der Waals surface area contributed by atoms with Gasteiger partial charge < -0.3 is 4.74 Å². The molecule has 1 atom stereocenters. The average molecular weight is 558 g/mol. The Morgan fingerprint density at radius 3 is 2.05 bits per heavy atom. The molecular formula is C26H31N5O7S. The Morgan fingerprint density at radius 1 is 0.949 bits per heavy atom. The largest absolute Gasteiger partial charge is 0.534 e. The number of hydrogen-bond acceptors (Lipinski definition) is 8. The maximum absolute atomic E-state index is 13.7. The van der Waals surface area contributed by atoms with E-state index in [1.807, 2.05) is 60.7 Å². The van der Waals surface area contributed by atoms with E-state index < -0.39 is 39.8 Å². The molecule has 0 aromatic heterocycles. The van der Waals surface area contributed by atoms with Crippen LogP contribution < -0.4 is 0 Å². The number of nitrogens with zero attached hydrogens (tertiary/aromatic N) is 5. The summed E-state index contributed by atoms with van der Waals surface area (Å²) in [6.07, 6.45) is -0.751.